The van der Waals surface area contributed by atoms with E-state index in [4.69, 9.17) is 0 Å². The second-order valence-electron chi connectivity index (χ2n) is 4.16. The third-order valence-corrected chi connectivity index (χ3v) is 4.34. The Kier molecular flexibility index (Phi) is 5.41. The van der Waals surface area contributed by atoms with Crippen LogP contribution in [0.2, 0.25) is 0 Å². The highest BCUT2D eigenvalue weighted by Gasteiger charge is 2.14. The molecule has 0 fully saturated rings. The monoisotopic (exact) mass is 320 g/mol. The number of carbonyl (C=O) groups is 1. The van der Waals surface area contributed by atoms with Gasteiger partial charge in [-0.2, -0.15) is 5.01 Å². The van der Waals surface area contributed by atoms with E-state index >= 15 is 0 Å². The van der Waals surface area contributed by atoms with Crippen molar-refractivity contribution in [2.24, 2.45) is 0 Å². The zero-order valence-corrected chi connectivity index (χ0v) is 13.4. The van der Waals surface area contributed by atoms with Gasteiger partial charge < -0.3 is 5.11 Å². The molecule has 4 nitrogen and oxygen atoms in total. The van der Waals surface area contributed by atoms with Crippen LogP contribution < -0.4 is 10.4 Å². The van der Waals surface area contributed by atoms with Crippen LogP contribution in [-0.4, -0.2) is 23.7 Å². The highest BCUT2D eigenvalue weighted by atomic mass is 32.2. The van der Waals surface area contributed by atoms with Crippen molar-refractivity contribution in [2.45, 2.75) is 9.79 Å². The third kappa shape index (κ3) is 4.09. The van der Waals surface area contributed by atoms with Crippen molar-refractivity contribution in [1.29, 1.82) is 0 Å². The van der Waals surface area contributed by atoms with Crippen LogP contribution >= 0.6 is 23.5 Å². The molecule has 2 aromatic rings. The molecular formula is C15H16N2O2S2. The van der Waals surface area contributed by atoms with Crippen LogP contribution in [0.15, 0.2) is 58.3 Å². The van der Waals surface area contributed by atoms with E-state index in [0.717, 1.165) is 20.5 Å². The van der Waals surface area contributed by atoms with Crippen LogP contribution in [0.5, 0.6) is 0 Å². The molecule has 0 aliphatic heterocycles. The summed E-state index contributed by atoms with van der Waals surface area (Å²) >= 11 is 3.26. The highest BCUT2D eigenvalue weighted by molar-refractivity contribution is 7.98. The molecule has 0 unspecified atom stereocenters. The second kappa shape index (κ2) is 7.28. The van der Waals surface area contributed by atoms with E-state index in [0.29, 0.717) is 5.69 Å². The predicted octanol–water partition coefficient (Wildman–Crippen LogP) is 4.64. The average molecular weight is 320 g/mol. The standard InChI is InChI=1S/C15H16N2O2S2/c1-20-13-7-3-11(4-8-13)16-17(15(18)19)12-5-9-14(21-2)10-6-12/h3-10,16H,1-2H3,(H,18,19). The van der Waals surface area contributed by atoms with Gasteiger partial charge in [0.2, 0.25) is 0 Å². The molecule has 21 heavy (non-hydrogen) atoms. The molecule has 0 heterocycles. The van der Waals surface area contributed by atoms with Crippen LogP contribution in [0.1, 0.15) is 0 Å². The zero-order valence-electron chi connectivity index (χ0n) is 11.7. The fourth-order valence-electron chi connectivity index (χ4n) is 1.75. The Morgan fingerprint density at radius 1 is 0.952 bits per heavy atom. The zero-order chi connectivity index (χ0) is 15.2. The maximum absolute atomic E-state index is 11.4. The smallest absolute Gasteiger partial charge is 0.430 e. The van der Waals surface area contributed by atoms with E-state index in [1.165, 1.54) is 0 Å². The van der Waals surface area contributed by atoms with Gasteiger partial charge in [0.25, 0.3) is 0 Å². The fourth-order valence-corrected chi connectivity index (χ4v) is 2.57. The van der Waals surface area contributed by atoms with Gasteiger partial charge in [-0.1, -0.05) is 0 Å². The summed E-state index contributed by atoms with van der Waals surface area (Å²) in [6.07, 6.45) is 2.93. The van der Waals surface area contributed by atoms with Crippen molar-refractivity contribution in [3.8, 4) is 0 Å². The minimum Gasteiger partial charge on any atom is -0.463 e. The van der Waals surface area contributed by atoms with Crippen LogP contribution in [0.25, 0.3) is 0 Å². The first-order chi connectivity index (χ1) is 10.1. The van der Waals surface area contributed by atoms with E-state index in [2.05, 4.69) is 5.43 Å². The summed E-state index contributed by atoms with van der Waals surface area (Å²) in [5.74, 6) is 0. The number of nitrogens with one attached hydrogen (secondary N) is 1. The van der Waals surface area contributed by atoms with Gasteiger partial charge in [0.15, 0.2) is 0 Å². The van der Waals surface area contributed by atoms with Gasteiger partial charge in [-0.25, -0.2) is 4.79 Å². The minimum absolute atomic E-state index is 0.578. The van der Waals surface area contributed by atoms with Crippen LogP contribution in [-0.2, 0) is 0 Å². The Morgan fingerprint density at radius 2 is 1.43 bits per heavy atom. The second-order valence-corrected chi connectivity index (χ2v) is 5.92. The highest BCUT2D eigenvalue weighted by Crippen LogP contribution is 2.23. The summed E-state index contributed by atoms with van der Waals surface area (Å²) in [6, 6.07) is 15.0. The largest absolute Gasteiger partial charge is 0.463 e. The Balaban J connectivity index is 2.19. The molecule has 110 valence electrons. The number of nitrogens with zero attached hydrogens (tertiary/aromatic N) is 1. The van der Waals surface area contributed by atoms with E-state index < -0.39 is 6.09 Å². The molecule has 0 saturated heterocycles. The van der Waals surface area contributed by atoms with Crippen molar-refractivity contribution < 1.29 is 9.90 Å². The Labute approximate surface area is 132 Å². The van der Waals surface area contributed by atoms with Gasteiger partial charge in [0.05, 0.1) is 11.4 Å². The maximum atomic E-state index is 11.4. The lowest BCUT2D eigenvalue weighted by Crippen LogP contribution is -2.34. The Hall–Kier alpha value is -1.79. The molecule has 0 atom stereocenters. The molecule has 1 amide bonds. The molecule has 0 saturated carbocycles. The van der Waals surface area contributed by atoms with Gasteiger partial charge in [-0.3, -0.25) is 5.43 Å². The molecule has 0 aromatic heterocycles. The molecular weight excluding hydrogens is 304 g/mol. The third-order valence-electron chi connectivity index (χ3n) is 2.85. The number of rotatable bonds is 5. The lowest BCUT2D eigenvalue weighted by atomic mass is 10.3. The molecule has 0 bridgehead atoms. The SMILES string of the molecule is CSc1ccc(NN(C(=O)O)c2ccc(SC)cc2)cc1. The van der Waals surface area contributed by atoms with Crippen molar-refractivity contribution in [2.75, 3.05) is 22.9 Å². The normalized spacial score (nSPS) is 10.2. The van der Waals surface area contributed by atoms with E-state index in [1.54, 1.807) is 35.7 Å². The fraction of sp³-hybridized carbons (Fsp3) is 0.133. The van der Waals surface area contributed by atoms with Gasteiger partial charge in [-0.15, -0.1) is 23.5 Å². The van der Waals surface area contributed by atoms with Gasteiger partial charge >= 0.3 is 6.09 Å². The molecule has 0 aliphatic rings. The quantitative estimate of drug-likeness (QED) is 0.621. The number of hydrogen-bond acceptors (Lipinski definition) is 4. The van der Waals surface area contributed by atoms with Crippen LogP contribution in [0, 0.1) is 0 Å². The van der Waals surface area contributed by atoms with Crippen molar-refractivity contribution in [1.82, 2.24) is 0 Å². The van der Waals surface area contributed by atoms with Gasteiger partial charge in [-0.05, 0) is 61.0 Å². The van der Waals surface area contributed by atoms with Crippen LogP contribution in [0.3, 0.4) is 0 Å². The number of anilines is 2. The first-order valence-corrected chi connectivity index (χ1v) is 8.67. The number of hydrazine groups is 1. The summed E-state index contributed by atoms with van der Waals surface area (Å²) in [5, 5.41) is 10.5. The first-order valence-electron chi connectivity index (χ1n) is 6.22. The van der Waals surface area contributed by atoms with Crippen LogP contribution in [0.4, 0.5) is 16.2 Å². The number of amides is 1. The molecule has 0 aliphatic carbocycles. The predicted molar refractivity (Wildman–Crippen MR) is 90.6 cm³/mol. The summed E-state index contributed by atoms with van der Waals surface area (Å²) in [6.45, 7) is 0. The molecule has 0 radical (unpaired) electrons. The summed E-state index contributed by atoms with van der Waals surface area (Å²) < 4.78 is 0. The van der Waals surface area contributed by atoms with Crippen molar-refractivity contribution in [3.63, 3.8) is 0 Å². The molecule has 2 N–H and O–H groups in total. The van der Waals surface area contributed by atoms with E-state index in [-0.39, 0.29) is 0 Å². The number of thioether (sulfide) groups is 2. The maximum Gasteiger partial charge on any atom is 0.430 e. The summed E-state index contributed by atoms with van der Waals surface area (Å²) in [7, 11) is 0. The summed E-state index contributed by atoms with van der Waals surface area (Å²) in [4.78, 5) is 13.7. The van der Waals surface area contributed by atoms with Gasteiger partial charge in [0.1, 0.15) is 0 Å². The number of carboxylic acid groups (broad SMARTS) is 1. The van der Waals surface area contributed by atoms with Gasteiger partial charge in [0, 0.05) is 9.79 Å². The molecule has 2 aromatic carbocycles. The van der Waals surface area contributed by atoms with E-state index in [1.807, 2.05) is 48.9 Å². The van der Waals surface area contributed by atoms with E-state index in [9.17, 15) is 9.90 Å². The minimum atomic E-state index is -1.05. The number of hydrogen-bond donors (Lipinski definition) is 2. The summed E-state index contributed by atoms with van der Waals surface area (Å²) in [5.41, 5.74) is 4.21. The first kappa shape index (κ1) is 15.6. The van der Waals surface area contributed by atoms with Crippen molar-refractivity contribution in [3.05, 3.63) is 48.5 Å². The number of benzene rings is 2. The Bertz CT molecular complexity index is 600. The Morgan fingerprint density at radius 3 is 1.86 bits per heavy atom. The van der Waals surface area contributed by atoms with Crippen molar-refractivity contribution >= 4 is 41.0 Å². The molecule has 0 spiro atoms. The molecule has 2 rings (SSSR count). The topological polar surface area (TPSA) is 52.6 Å². The lowest BCUT2D eigenvalue weighted by Gasteiger charge is -2.21. The molecule has 6 heteroatoms. The lowest BCUT2D eigenvalue weighted by molar-refractivity contribution is 0.203. The average Bonchev–Trinajstić information content (AvgIpc) is 2.53.